The van der Waals surface area contributed by atoms with E-state index >= 15 is 0 Å². The van der Waals surface area contributed by atoms with E-state index in [2.05, 4.69) is 24.1 Å². The number of nitrogens with zero attached hydrogens (tertiary/aromatic N) is 1. The number of rotatable bonds is 12. The summed E-state index contributed by atoms with van der Waals surface area (Å²) in [6.45, 7) is 10.4. The largest absolute Gasteiger partial charge is 0.460 e. The van der Waals surface area contributed by atoms with Crippen LogP contribution in [0.2, 0.25) is 0 Å². The van der Waals surface area contributed by atoms with Crippen molar-refractivity contribution in [2.24, 2.45) is 0 Å². The van der Waals surface area contributed by atoms with Crippen molar-refractivity contribution in [3.63, 3.8) is 0 Å². The summed E-state index contributed by atoms with van der Waals surface area (Å²) in [4.78, 5) is 14.0. The molecule has 6 nitrogen and oxygen atoms in total. The lowest BCUT2D eigenvalue weighted by molar-refractivity contribution is -0.458. The van der Waals surface area contributed by atoms with Gasteiger partial charge in [-0.3, -0.25) is 14.2 Å². The molecule has 0 radical (unpaired) electrons. The van der Waals surface area contributed by atoms with E-state index in [1.165, 1.54) is 0 Å². The van der Waals surface area contributed by atoms with Crippen molar-refractivity contribution in [1.29, 1.82) is 0 Å². The van der Waals surface area contributed by atoms with Crippen molar-refractivity contribution in [2.75, 3.05) is 25.0 Å². The fourth-order valence-electron chi connectivity index (χ4n) is 3.15. The zero-order valence-corrected chi connectivity index (χ0v) is 24.1. The molecule has 0 aliphatic rings. The van der Waals surface area contributed by atoms with Gasteiger partial charge in [0.05, 0.1) is 6.54 Å². The van der Waals surface area contributed by atoms with Crippen LogP contribution in [0.1, 0.15) is 25.0 Å². The predicted molar refractivity (Wildman–Crippen MR) is 125 cm³/mol. The summed E-state index contributed by atoms with van der Waals surface area (Å²) >= 11 is 0. The zero-order chi connectivity index (χ0) is 37.3. The number of carbonyl (C=O) groups excluding carboxylic acids is 1. The monoisotopic (exact) mass is 734 g/mol. The molecule has 1 aromatic carbocycles. The molecule has 24 heteroatoms. The Morgan fingerprint density at radius 3 is 1.30 bits per heavy atom. The Morgan fingerprint density at radius 1 is 0.674 bits per heavy atom. The molecule has 1 rings (SSSR count). The van der Waals surface area contributed by atoms with Gasteiger partial charge in [0.25, 0.3) is 0 Å². The zero-order valence-electron chi connectivity index (χ0n) is 23.3. The number of carbonyl (C=O) groups is 1. The minimum absolute atomic E-state index is 0.0612. The molecule has 0 fully saturated rings. The normalized spacial score (nSPS) is 14.6. The van der Waals surface area contributed by atoms with Gasteiger partial charge in [-0.1, -0.05) is 32.0 Å². The first-order valence-corrected chi connectivity index (χ1v) is 13.3. The molecule has 0 heterocycles. The predicted octanol–water partition coefficient (Wildman–Crippen LogP) is 7.42. The summed E-state index contributed by atoms with van der Waals surface area (Å²) in [5, 5.41) is -4.85. The fourth-order valence-corrected chi connectivity index (χ4v) is 3.60. The third-order valence-electron chi connectivity index (χ3n) is 6.02. The van der Waals surface area contributed by atoms with E-state index < -0.39 is 57.1 Å². The third kappa shape index (κ3) is 7.41. The molecule has 0 atom stereocenters. The maximum atomic E-state index is 13.0. The van der Waals surface area contributed by atoms with Crippen LogP contribution in [0.4, 0.5) is 80.3 Å². The first-order valence-electron chi connectivity index (χ1n) is 11.8. The molecule has 0 aliphatic carbocycles. The van der Waals surface area contributed by atoms with Crippen LogP contribution in [0.3, 0.4) is 0 Å². The SMILES string of the molecule is CCN(CC)CC(=O)Nc1c(C)cccc1C.O=S(=O)(O)C(F)(F)C(F)(F)C(F)(F)C(F)(F)C(F)(F)C(F)(F)C(F)(F)C(F)(F)F. The molecule has 0 spiro atoms. The second kappa shape index (κ2) is 13.5. The Morgan fingerprint density at radius 2 is 1.00 bits per heavy atom. The Hall–Kier alpha value is -2.63. The number of amides is 1. The Labute approximate surface area is 248 Å². The van der Waals surface area contributed by atoms with Gasteiger partial charge in [-0.05, 0) is 38.1 Å². The quantitative estimate of drug-likeness (QED) is 0.173. The maximum absolute atomic E-state index is 13.0. The number of halogens is 17. The summed E-state index contributed by atoms with van der Waals surface area (Å²) < 4.78 is 242. The van der Waals surface area contributed by atoms with Gasteiger partial charge in [0.15, 0.2) is 0 Å². The van der Waals surface area contributed by atoms with Gasteiger partial charge in [-0.15, -0.1) is 0 Å². The molecule has 0 bridgehead atoms. The number of hydrogen-bond donors (Lipinski definition) is 2. The summed E-state index contributed by atoms with van der Waals surface area (Å²) in [7, 11) is -7.89. The first-order chi connectivity index (χ1) is 20.1. The highest BCUT2D eigenvalue weighted by Gasteiger charge is 2.96. The van der Waals surface area contributed by atoms with E-state index in [0.29, 0.717) is 6.54 Å². The number of para-hydroxylation sites is 1. The minimum atomic E-state index is -8.89. The van der Waals surface area contributed by atoms with Crippen molar-refractivity contribution in [2.45, 2.75) is 74.7 Å². The van der Waals surface area contributed by atoms with Crippen LogP contribution in [0, 0.1) is 13.8 Å². The topological polar surface area (TPSA) is 86.7 Å². The van der Waals surface area contributed by atoms with Crippen LogP contribution in [0.5, 0.6) is 0 Å². The van der Waals surface area contributed by atoms with Gasteiger partial charge in [-0.2, -0.15) is 83.1 Å². The fraction of sp³-hybridized carbons (Fsp3) is 0.682. The molecular weight excluding hydrogens is 711 g/mol. The number of anilines is 1. The maximum Gasteiger partial charge on any atom is 0.460 e. The van der Waals surface area contributed by atoms with E-state index in [9.17, 15) is 87.8 Å². The Balaban J connectivity index is 0.00000100. The summed E-state index contributed by atoms with van der Waals surface area (Å²) in [5.74, 6) is -51.9. The van der Waals surface area contributed by atoms with E-state index in [-0.39, 0.29) is 5.91 Å². The van der Waals surface area contributed by atoms with Crippen molar-refractivity contribution in [1.82, 2.24) is 4.90 Å². The average molecular weight is 734 g/mol. The standard InChI is InChI=1S/C14H22N2O.C8HF17O3S/c1-5-16(6-2)10-13(17)15-14-11(3)8-7-9-12(14)4;9-1(10,3(13,14)5(17,18)7(21,22)23)2(11,12)4(15,16)6(19,20)8(24,25)29(26,27)28/h7-9H,5-6,10H2,1-4H3,(H,15,17);(H,26,27,28). The summed E-state index contributed by atoms with van der Waals surface area (Å²) in [5.41, 5.74) is 3.17. The van der Waals surface area contributed by atoms with Gasteiger partial charge >= 0.3 is 57.1 Å². The highest BCUT2D eigenvalue weighted by molar-refractivity contribution is 7.87. The van der Waals surface area contributed by atoms with Crippen LogP contribution in [-0.2, 0) is 14.9 Å². The van der Waals surface area contributed by atoms with Gasteiger partial charge < -0.3 is 5.32 Å². The van der Waals surface area contributed by atoms with E-state index in [1.807, 2.05) is 32.0 Å². The molecule has 0 aromatic heterocycles. The summed E-state index contributed by atoms with van der Waals surface area (Å²) in [6, 6.07) is 6.03. The minimum Gasteiger partial charge on any atom is -0.324 e. The lowest BCUT2D eigenvalue weighted by Crippen LogP contribution is -2.74. The van der Waals surface area contributed by atoms with Crippen molar-refractivity contribution in [3.05, 3.63) is 29.3 Å². The molecular formula is C22H23F17N2O4S. The van der Waals surface area contributed by atoms with Gasteiger partial charge in [-0.25, -0.2) is 0 Å². The molecule has 1 aromatic rings. The smallest absolute Gasteiger partial charge is 0.324 e. The number of aryl methyl sites for hydroxylation is 2. The van der Waals surface area contributed by atoms with Crippen LogP contribution >= 0.6 is 0 Å². The van der Waals surface area contributed by atoms with Crippen molar-refractivity contribution >= 4 is 21.7 Å². The number of alkyl halides is 17. The lowest BCUT2D eigenvalue weighted by atomic mass is 9.91. The Kier molecular flexibility index (Phi) is 12.7. The number of hydrogen-bond acceptors (Lipinski definition) is 4. The van der Waals surface area contributed by atoms with E-state index in [1.54, 1.807) is 0 Å². The first kappa shape index (κ1) is 43.4. The molecule has 0 saturated heterocycles. The van der Waals surface area contributed by atoms with Crippen LogP contribution < -0.4 is 5.32 Å². The highest BCUT2D eigenvalue weighted by atomic mass is 32.2. The molecule has 270 valence electrons. The molecule has 1 amide bonds. The lowest BCUT2D eigenvalue weighted by Gasteiger charge is -2.42. The van der Waals surface area contributed by atoms with Gasteiger partial charge in [0, 0.05) is 5.69 Å². The van der Waals surface area contributed by atoms with Crippen LogP contribution in [0.15, 0.2) is 18.2 Å². The second-order valence-electron chi connectivity index (χ2n) is 9.21. The number of benzene rings is 1. The van der Waals surface area contributed by atoms with Gasteiger partial charge in [0.1, 0.15) is 0 Å². The highest BCUT2D eigenvalue weighted by Crippen LogP contribution is 2.64. The third-order valence-corrected chi connectivity index (χ3v) is 6.93. The summed E-state index contributed by atoms with van der Waals surface area (Å²) in [6.07, 6.45) is -7.88. The molecule has 2 N–H and O–H groups in total. The van der Waals surface area contributed by atoms with Gasteiger partial charge in [0.2, 0.25) is 5.91 Å². The molecule has 46 heavy (non-hydrogen) atoms. The average Bonchev–Trinajstić information content (AvgIpc) is 2.87. The molecule has 0 saturated carbocycles. The van der Waals surface area contributed by atoms with Crippen LogP contribution in [0.25, 0.3) is 0 Å². The second-order valence-corrected chi connectivity index (χ2v) is 10.7. The number of nitrogens with one attached hydrogen (secondary N) is 1. The number of likely N-dealkylation sites (N-methyl/N-ethyl adjacent to an activating group) is 1. The molecule has 0 unspecified atom stereocenters. The van der Waals surface area contributed by atoms with E-state index in [0.717, 1.165) is 29.9 Å². The van der Waals surface area contributed by atoms with Crippen LogP contribution in [-0.4, -0.2) is 90.4 Å². The molecule has 0 aliphatic heterocycles. The van der Waals surface area contributed by atoms with Crippen molar-refractivity contribution in [3.8, 4) is 0 Å². The van der Waals surface area contributed by atoms with Crippen molar-refractivity contribution < 1.29 is 92.4 Å². The van der Waals surface area contributed by atoms with E-state index in [4.69, 9.17) is 4.55 Å². The Bertz CT molecular complexity index is 1310.